The van der Waals surface area contributed by atoms with Crippen molar-refractivity contribution in [3.8, 4) is 0 Å². The van der Waals surface area contributed by atoms with Crippen molar-refractivity contribution in [2.24, 2.45) is 22.7 Å². The summed E-state index contributed by atoms with van der Waals surface area (Å²) in [7, 11) is 0. The van der Waals surface area contributed by atoms with E-state index in [-0.39, 0.29) is 5.11 Å². The van der Waals surface area contributed by atoms with Crippen molar-refractivity contribution >= 4 is 29.0 Å². The second-order valence-electron chi connectivity index (χ2n) is 7.24. The number of unbranched alkanes of at least 4 members (excludes halogenated alkanes) is 4. The molecule has 0 unspecified atom stereocenters. The lowest BCUT2D eigenvalue weighted by molar-refractivity contribution is -0.131. The maximum absolute atomic E-state index is 10.5. The highest BCUT2D eigenvalue weighted by Gasteiger charge is 2.30. The van der Waals surface area contributed by atoms with Crippen LogP contribution in [0, 0.1) is 11.8 Å². The number of hydrogen-bond acceptors (Lipinski definition) is 3. The fourth-order valence-electron chi connectivity index (χ4n) is 3.80. The molecule has 6 heteroatoms. The largest absolute Gasteiger partial charge is 0.478 e. The number of hydrazone groups is 1. The van der Waals surface area contributed by atoms with Gasteiger partial charge in [0.15, 0.2) is 5.11 Å². The normalized spacial score (nSPS) is 20.6. The first-order chi connectivity index (χ1) is 13.0. The van der Waals surface area contributed by atoms with Crippen LogP contribution in [0.4, 0.5) is 0 Å². The van der Waals surface area contributed by atoms with Crippen LogP contribution in [-0.4, -0.2) is 21.9 Å². The lowest BCUT2D eigenvalue weighted by Gasteiger charge is -2.21. The number of thiocarbonyl (C=S) groups is 1. The van der Waals surface area contributed by atoms with Crippen LogP contribution >= 0.6 is 12.2 Å². The third kappa shape index (κ3) is 10.9. The van der Waals surface area contributed by atoms with Crippen LogP contribution < -0.4 is 11.2 Å². The fourth-order valence-corrected chi connectivity index (χ4v) is 3.85. The van der Waals surface area contributed by atoms with Gasteiger partial charge in [-0.05, 0) is 56.7 Å². The first kappa shape index (κ1) is 23.3. The van der Waals surface area contributed by atoms with Crippen molar-refractivity contribution in [1.82, 2.24) is 5.43 Å². The topological polar surface area (TPSA) is 87.7 Å². The van der Waals surface area contributed by atoms with Gasteiger partial charge in [-0.3, -0.25) is 5.43 Å². The Morgan fingerprint density at radius 3 is 2.74 bits per heavy atom. The maximum Gasteiger partial charge on any atom is 0.328 e. The van der Waals surface area contributed by atoms with Gasteiger partial charge in [0.2, 0.25) is 0 Å². The Bertz CT molecular complexity index is 544. The second-order valence-corrected chi connectivity index (χ2v) is 7.68. The molecule has 0 spiro atoms. The molecule has 0 aromatic heterocycles. The molecule has 0 bridgehead atoms. The predicted octanol–water partition coefficient (Wildman–Crippen LogP) is 4.93. The van der Waals surface area contributed by atoms with Gasteiger partial charge < -0.3 is 10.8 Å². The highest BCUT2D eigenvalue weighted by Crippen LogP contribution is 2.37. The molecule has 0 saturated heterocycles. The Labute approximate surface area is 169 Å². The van der Waals surface area contributed by atoms with E-state index in [1.165, 1.54) is 57.1 Å². The molecule has 0 radical (unpaired) electrons. The van der Waals surface area contributed by atoms with E-state index in [2.05, 4.69) is 17.5 Å². The van der Waals surface area contributed by atoms with E-state index >= 15 is 0 Å². The smallest absolute Gasteiger partial charge is 0.328 e. The summed E-state index contributed by atoms with van der Waals surface area (Å²) >= 11 is 4.92. The highest BCUT2D eigenvalue weighted by molar-refractivity contribution is 7.80. The van der Waals surface area contributed by atoms with Crippen LogP contribution in [-0.2, 0) is 4.79 Å². The zero-order valence-electron chi connectivity index (χ0n) is 16.5. The average Bonchev–Trinajstić information content (AvgIpc) is 3.08. The minimum atomic E-state index is -0.916. The van der Waals surface area contributed by atoms with E-state index in [1.807, 2.05) is 12.2 Å². The van der Waals surface area contributed by atoms with Gasteiger partial charge in [-0.15, -0.1) is 0 Å². The Morgan fingerprint density at radius 2 is 2.04 bits per heavy atom. The molecule has 0 aromatic carbocycles. The molecule has 2 atom stereocenters. The average molecular weight is 394 g/mol. The number of hydrogen-bond donors (Lipinski definition) is 3. The van der Waals surface area contributed by atoms with Gasteiger partial charge in [-0.2, -0.15) is 5.10 Å². The predicted molar refractivity (Wildman–Crippen MR) is 117 cm³/mol. The van der Waals surface area contributed by atoms with E-state index < -0.39 is 5.97 Å². The summed E-state index contributed by atoms with van der Waals surface area (Å²) in [6, 6.07) is 0. The standard InChI is InChI=1S/C21H35N3O2S/c1-2-3-4-5-9-15-19(23-24-21(22)27)18-14-11-13-17(18)12-8-6-7-10-16-20(25)26/h6-7,10,16-18H,2-5,8-9,11-15H2,1H3,(H,25,26)(H3,22,24,27)/t17-,18-/m0/s1. The molecule has 5 nitrogen and oxygen atoms in total. The Hall–Kier alpha value is -1.69. The zero-order valence-corrected chi connectivity index (χ0v) is 17.3. The van der Waals surface area contributed by atoms with E-state index in [0.717, 1.165) is 25.3 Å². The van der Waals surface area contributed by atoms with Crippen LogP contribution in [0.25, 0.3) is 0 Å². The Morgan fingerprint density at radius 1 is 1.26 bits per heavy atom. The van der Waals surface area contributed by atoms with E-state index in [4.69, 9.17) is 23.1 Å². The second kappa shape index (κ2) is 14.4. The minimum Gasteiger partial charge on any atom is -0.478 e. The maximum atomic E-state index is 10.5. The van der Waals surface area contributed by atoms with Gasteiger partial charge in [0.1, 0.15) is 0 Å². The molecule has 0 amide bonds. The van der Waals surface area contributed by atoms with Gasteiger partial charge in [-0.1, -0.05) is 57.3 Å². The van der Waals surface area contributed by atoms with Gasteiger partial charge >= 0.3 is 5.97 Å². The Balaban J connectivity index is 2.56. The molecular formula is C21H35N3O2S. The summed E-state index contributed by atoms with van der Waals surface area (Å²) in [5, 5.41) is 13.4. The lowest BCUT2D eigenvalue weighted by Crippen LogP contribution is -2.28. The number of aliphatic carboxylic acids is 1. The van der Waals surface area contributed by atoms with Crippen molar-refractivity contribution in [2.45, 2.75) is 77.6 Å². The van der Waals surface area contributed by atoms with Crippen molar-refractivity contribution in [3.63, 3.8) is 0 Å². The molecule has 0 aromatic rings. The van der Waals surface area contributed by atoms with Crippen LogP contribution in [0.2, 0.25) is 0 Å². The number of allylic oxidation sites excluding steroid dienone is 3. The molecule has 1 saturated carbocycles. The summed E-state index contributed by atoms with van der Waals surface area (Å²) in [5.74, 6) is 0.210. The minimum absolute atomic E-state index is 0.223. The first-order valence-electron chi connectivity index (χ1n) is 10.2. The van der Waals surface area contributed by atoms with E-state index in [0.29, 0.717) is 11.8 Å². The van der Waals surface area contributed by atoms with Gasteiger partial charge in [0.05, 0.1) is 0 Å². The third-order valence-electron chi connectivity index (χ3n) is 5.12. The Kier molecular flexibility index (Phi) is 12.4. The molecule has 0 aliphatic heterocycles. The SMILES string of the molecule is CCCCCCCC(=NNC(N)=S)[C@H]1CCC[C@@H]1CCC=CC=CC(=O)O. The van der Waals surface area contributed by atoms with Crippen molar-refractivity contribution in [3.05, 3.63) is 24.3 Å². The van der Waals surface area contributed by atoms with Gasteiger partial charge in [0.25, 0.3) is 0 Å². The highest BCUT2D eigenvalue weighted by atomic mass is 32.1. The number of nitrogens with two attached hydrogens (primary N) is 1. The summed E-state index contributed by atoms with van der Waals surface area (Å²) in [5.41, 5.74) is 9.60. The molecule has 152 valence electrons. The van der Waals surface area contributed by atoms with Crippen molar-refractivity contribution in [1.29, 1.82) is 0 Å². The van der Waals surface area contributed by atoms with Crippen molar-refractivity contribution in [2.75, 3.05) is 0 Å². The van der Waals surface area contributed by atoms with Gasteiger partial charge in [0, 0.05) is 17.7 Å². The number of nitrogens with one attached hydrogen (secondary N) is 1. The third-order valence-corrected chi connectivity index (χ3v) is 5.21. The number of carboxylic acid groups (broad SMARTS) is 1. The molecule has 1 fully saturated rings. The van der Waals surface area contributed by atoms with Crippen LogP contribution in [0.3, 0.4) is 0 Å². The quantitative estimate of drug-likeness (QED) is 0.103. The lowest BCUT2D eigenvalue weighted by atomic mass is 9.85. The number of nitrogens with zero attached hydrogens (tertiary/aromatic N) is 1. The zero-order chi connectivity index (χ0) is 19.9. The fraction of sp³-hybridized carbons (Fsp3) is 0.667. The van der Waals surface area contributed by atoms with Gasteiger partial charge in [-0.25, -0.2) is 4.79 Å². The molecule has 1 aliphatic rings. The van der Waals surface area contributed by atoms with E-state index in [9.17, 15) is 4.79 Å². The summed E-state index contributed by atoms with van der Waals surface area (Å²) in [6.45, 7) is 2.23. The first-order valence-corrected chi connectivity index (χ1v) is 10.6. The summed E-state index contributed by atoms with van der Waals surface area (Å²) in [4.78, 5) is 10.5. The molecule has 0 heterocycles. The molecule has 1 rings (SSSR count). The van der Waals surface area contributed by atoms with Crippen molar-refractivity contribution < 1.29 is 9.90 Å². The monoisotopic (exact) mass is 393 g/mol. The summed E-state index contributed by atoms with van der Waals surface area (Å²) in [6.07, 6.45) is 19.6. The van der Waals surface area contributed by atoms with E-state index in [1.54, 1.807) is 6.08 Å². The number of carbonyl (C=O) groups is 1. The number of carboxylic acids is 1. The molecule has 1 aliphatic carbocycles. The van der Waals surface area contributed by atoms with Crippen LogP contribution in [0.1, 0.15) is 77.6 Å². The molecular weight excluding hydrogens is 358 g/mol. The number of rotatable bonds is 13. The van der Waals surface area contributed by atoms with Crippen LogP contribution in [0.5, 0.6) is 0 Å². The van der Waals surface area contributed by atoms with Crippen LogP contribution in [0.15, 0.2) is 29.4 Å². The molecule has 27 heavy (non-hydrogen) atoms. The summed E-state index contributed by atoms with van der Waals surface area (Å²) < 4.78 is 0. The molecule has 4 N–H and O–H groups in total.